The summed E-state index contributed by atoms with van der Waals surface area (Å²) in [6.07, 6.45) is 3.71. The van der Waals surface area contributed by atoms with Gasteiger partial charge in [0.2, 0.25) is 0 Å². The summed E-state index contributed by atoms with van der Waals surface area (Å²) < 4.78 is 0. The zero-order chi connectivity index (χ0) is 24.9. The molecule has 0 spiro atoms. The molecule has 4 N–H and O–H groups in total. The summed E-state index contributed by atoms with van der Waals surface area (Å²) in [4.78, 5) is 81.1. The highest BCUT2D eigenvalue weighted by Crippen LogP contribution is 2.50. The van der Waals surface area contributed by atoms with Gasteiger partial charge < -0.3 is 19.4 Å². The first-order valence-corrected chi connectivity index (χ1v) is 16.7. The Hall–Kier alpha value is 0.0200. The van der Waals surface area contributed by atoms with Crippen molar-refractivity contribution in [2.75, 3.05) is 76.6 Å². The third-order valence-corrected chi connectivity index (χ3v) is 10.2. The number of hydrogen-bond acceptors (Lipinski definition) is 10. The Bertz CT molecular complexity index is 615. The van der Waals surface area contributed by atoms with E-state index in [2.05, 4.69) is 9.80 Å². The van der Waals surface area contributed by atoms with Gasteiger partial charge in [-0.1, -0.05) is 0 Å². The van der Waals surface area contributed by atoms with Crippen LogP contribution < -0.4 is 0 Å². The SMILES string of the molecule is CC(=O)CCP(O)CN1CCN(CP(O)CCC=O)CCN(C[P+](O)(O)CCC(C)=O)CC1. The summed E-state index contributed by atoms with van der Waals surface area (Å²) in [7, 11) is -5.84. The molecule has 0 saturated carbocycles. The highest BCUT2D eigenvalue weighted by Gasteiger charge is 2.36. The van der Waals surface area contributed by atoms with Crippen molar-refractivity contribution in [3.63, 3.8) is 0 Å². The van der Waals surface area contributed by atoms with Crippen molar-refractivity contribution in [2.24, 2.45) is 0 Å². The van der Waals surface area contributed by atoms with Crippen molar-refractivity contribution in [3.05, 3.63) is 0 Å². The number of carbonyl (C=O) groups is 3. The van der Waals surface area contributed by atoms with E-state index in [0.717, 1.165) is 6.29 Å². The van der Waals surface area contributed by atoms with Crippen molar-refractivity contribution < 1.29 is 34.0 Å². The fraction of sp³-hybridized carbons (Fsp3) is 0.850. The lowest BCUT2D eigenvalue weighted by atomic mass is 10.4. The number of nitrogens with zero attached hydrogens (tertiary/aromatic N) is 3. The molecule has 1 heterocycles. The summed E-state index contributed by atoms with van der Waals surface area (Å²) in [6.45, 7) is 6.78. The lowest BCUT2D eigenvalue weighted by Crippen LogP contribution is -2.37. The molecular weight excluding hydrogens is 487 g/mol. The summed E-state index contributed by atoms with van der Waals surface area (Å²) in [6, 6.07) is 0. The fourth-order valence-corrected chi connectivity index (χ4v) is 7.91. The lowest BCUT2D eigenvalue weighted by molar-refractivity contribution is -0.117. The van der Waals surface area contributed by atoms with Crippen molar-refractivity contribution in [3.8, 4) is 0 Å². The van der Waals surface area contributed by atoms with Crippen molar-refractivity contribution in [2.45, 2.75) is 33.1 Å². The van der Waals surface area contributed by atoms with Gasteiger partial charge in [0.15, 0.2) is 6.29 Å². The predicted molar refractivity (Wildman–Crippen MR) is 135 cm³/mol. The molecule has 1 aliphatic heterocycles. The van der Waals surface area contributed by atoms with Gasteiger partial charge in [-0.25, -0.2) is 9.79 Å². The monoisotopic (exact) mass is 528 g/mol. The van der Waals surface area contributed by atoms with Gasteiger partial charge in [-0.2, -0.15) is 0 Å². The average Bonchev–Trinajstić information content (AvgIpc) is 2.81. The molecule has 1 rings (SSSR count). The fourth-order valence-electron chi connectivity index (χ4n) is 3.43. The van der Waals surface area contributed by atoms with E-state index in [4.69, 9.17) is 0 Å². The van der Waals surface area contributed by atoms with Gasteiger partial charge >= 0.3 is 0 Å². The Morgan fingerprint density at radius 3 is 1.73 bits per heavy atom. The summed E-state index contributed by atoms with van der Waals surface area (Å²) in [5.74, 6) is -0.0143. The van der Waals surface area contributed by atoms with E-state index >= 15 is 0 Å². The first-order valence-electron chi connectivity index (χ1n) is 11.3. The number of hydrogen-bond donors (Lipinski definition) is 4. The number of ketones is 2. The molecule has 0 radical (unpaired) electrons. The quantitative estimate of drug-likeness (QED) is 0.179. The molecule has 13 heteroatoms. The second kappa shape index (κ2) is 16.6. The van der Waals surface area contributed by atoms with Gasteiger partial charge in [0, 0.05) is 87.4 Å². The standard InChI is InChI=1S/C20H41N3O7P3/c1-19(25)4-14-32(28)17-22-7-6-21(16-31(27)13-3-12-24)8-10-23(11-9-22)18-33(29,30)15-5-20(2)26/h12,27-30H,3-11,13-18H2,1-2H3/q+1. The van der Waals surface area contributed by atoms with E-state index < -0.39 is 24.0 Å². The van der Waals surface area contributed by atoms with Crippen LogP contribution in [0.1, 0.15) is 33.1 Å². The van der Waals surface area contributed by atoms with E-state index in [1.165, 1.54) is 13.8 Å². The summed E-state index contributed by atoms with van der Waals surface area (Å²) in [5.41, 5.74) is 0. The van der Waals surface area contributed by atoms with E-state index in [0.29, 0.717) is 77.0 Å². The highest BCUT2D eigenvalue weighted by molar-refractivity contribution is 7.64. The van der Waals surface area contributed by atoms with E-state index in [1.807, 2.05) is 4.90 Å². The molecule has 0 aliphatic carbocycles. The maximum Gasteiger partial charge on any atom is 0.282 e. The van der Waals surface area contributed by atoms with Crippen LogP contribution in [0, 0.1) is 0 Å². The maximum absolute atomic E-state index is 11.3. The van der Waals surface area contributed by atoms with E-state index in [1.54, 1.807) is 0 Å². The maximum atomic E-state index is 11.3. The molecule has 33 heavy (non-hydrogen) atoms. The molecule has 1 saturated heterocycles. The third-order valence-electron chi connectivity index (χ3n) is 5.40. The second-order valence-corrected chi connectivity index (χ2v) is 14.7. The van der Waals surface area contributed by atoms with Crippen LogP contribution in [-0.2, 0) is 14.4 Å². The first-order chi connectivity index (χ1) is 15.5. The van der Waals surface area contributed by atoms with E-state index in [9.17, 15) is 34.0 Å². The van der Waals surface area contributed by atoms with E-state index in [-0.39, 0.29) is 30.4 Å². The molecule has 192 valence electrons. The van der Waals surface area contributed by atoms with Crippen molar-refractivity contribution >= 4 is 41.9 Å². The molecule has 0 aromatic rings. The van der Waals surface area contributed by atoms with Crippen LogP contribution in [0.2, 0.25) is 0 Å². The van der Waals surface area contributed by atoms with Gasteiger partial charge in [-0.15, -0.1) is 0 Å². The second-order valence-electron chi connectivity index (χ2n) is 8.70. The minimum absolute atomic E-state index is 0.0572. The minimum Gasteiger partial charge on any atom is -0.372 e. The number of Topliss-reactive ketones (excluding diaryl/α,β-unsaturated/α-hetero) is 2. The molecular formula is C20H41N3O7P3+. The van der Waals surface area contributed by atoms with Crippen LogP contribution in [0.15, 0.2) is 0 Å². The Balaban J connectivity index is 2.81. The van der Waals surface area contributed by atoms with Gasteiger partial charge in [-0.3, -0.25) is 19.5 Å². The third kappa shape index (κ3) is 15.6. The Morgan fingerprint density at radius 2 is 1.27 bits per heavy atom. The number of carbonyl (C=O) groups excluding carboxylic acids is 3. The van der Waals surface area contributed by atoms with Crippen LogP contribution in [0.5, 0.6) is 0 Å². The average molecular weight is 528 g/mol. The van der Waals surface area contributed by atoms with Crippen molar-refractivity contribution in [1.82, 2.24) is 14.7 Å². The number of aldehydes is 1. The van der Waals surface area contributed by atoms with Gasteiger partial charge in [0.05, 0.1) is 0 Å². The zero-order valence-corrected chi connectivity index (χ0v) is 22.6. The molecule has 1 aliphatic rings. The minimum atomic E-state index is -3.24. The smallest absolute Gasteiger partial charge is 0.282 e. The Kier molecular flexibility index (Phi) is 15.7. The van der Waals surface area contributed by atoms with Crippen LogP contribution >= 0.6 is 24.0 Å². The molecule has 1 fully saturated rings. The topological polar surface area (TPSA) is 142 Å². The van der Waals surface area contributed by atoms with Crippen LogP contribution in [0.4, 0.5) is 0 Å². The van der Waals surface area contributed by atoms with Gasteiger partial charge in [0.1, 0.15) is 24.0 Å². The molecule has 0 aromatic heterocycles. The molecule has 2 unspecified atom stereocenters. The van der Waals surface area contributed by atoms with Crippen LogP contribution in [-0.4, -0.2) is 129 Å². The van der Waals surface area contributed by atoms with Crippen LogP contribution in [0.3, 0.4) is 0 Å². The zero-order valence-electron chi connectivity index (χ0n) is 19.9. The molecule has 2 atom stereocenters. The summed E-state index contributed by atoms with van der Waals surface area (Å²) in [5, 5.41) is 0. The largest absolute Gasteiger partial charge is 0.372 e. The van der Waals surface area contributed by atoms with Gasteiger partial charge in [-0.05, 0) is 26.2 Å². The molecule has 0 bridgehead atoms. The molecule has 0 aromatic carbocycles. The first kappa shape index (κ1) is 31.1. The van der Waals surface area contributed by atoms with Gasteiger partial charge in [0.25, 0.3) is 7.72 Å². The lowest BCUT2D eigenvalue weighted by Gasteiger charge is -2.28. The summed E-state index contributed by atoms with van der Waals surface area (Å²) >= 11 is 0. The Labute approximate surface area is 200 Å². The Morgan fingerprint density at radius 1 is 0.818 bits per heavy atom. The van der Waals surface area contributed by atoms with Crippen LogP contribution in [0.25, 0.3) is 0 Å². The number of rotatable bonds is 15. The van der Waals surface area contributed by atoms with Crippen molar-refractivity contribution in [1.29, 1.82) is 0 Å². The molecule has 10 nitrogen and oxygen atoms in total. The highest BCUT2D eigenvalue weighted by atomic mass is 31.2. The molecule has 0 amide bonds. The normalized spacial score (nSPS) is 19.3. The predicted octanol–water partition coefficient (Wildman–Crippen LogP) is 0.936.